The molecule has 0 aromatic heterocycles. The molecule has 0 spiro atoms. The van der Waals surface area contributed by atoms with Gasteiger partial charge in [-0.3, -0.25) is 9.59 Å². The number of amides is 1. The molecule has 0 bridgehead atoms. The molecule has 0 fully saturated rings. The molecule has 0 heterocycles. The Kier molecular flexibility index (Phi) is 5.85. The summed E-state index contributed by atoms with van der Waals surface area (Å²) in [5, 5.41) is 11.2. The van der Waals surface area contributed by atoms with Crippen LogP contribution in [0.25, 0.3) is 0 Å². The van der Waals surface area contributed by atoms with Gasteiger partial charge in [-0.1, -0.05) is 6.07 Å². The quantitative estimate of drug-likeness (QED) is 0.793. The molecular formula is C14H20N2O3. The largest absolute Gasteiger partial charge is 0.481 e. The molecular weight excluding hydrogens is 244 g/mol. The normalized spacial score (nSPS) is 10.0. The van der Waals surface area contributed by atoms with Crippen LogP contribution in [0.4, 0.5) is 11.4 Å². The molecule has 1 aromatic rings. The van der Waals surface area contributed by atoms with E-state index in [-0.39, 0.29) is 18.7 Å². The van der Waals surface area contributed by atoms with E-state index in [4.69, 9.17) is 5.11 Å². The second-order valence-corrected chi connectivity index (χ2v) is 4.16. The van der Waals surface area contributed by atoms with Crippen LogP contribution in [0.5, 0.6) is 0 Å². The highest BCUT2D eigenvalue weighted by atomic mass is 16.4. The van der Waals surface area contributed by atoms with Crippen molar-refractivity contribution in [1.29, 1.82) is 0 Å². The van der Waals surface area contributed by atoms with E-state index in [9.17, 15) is 9.59 Å². The minimum absolute atomic E-state index is 0.00910. The number of carboxylic acid groups (broad SMARTS) is 1. The standard InChI is InChI=1S/C14H20N2O3/c1-3-16(4-2)12-7-5-6-11(10-12)15-13(17)8-9-14(18)19/h5-7,10H,3-4,8-9H2,1-2H3,(H,15,17)(H,18,19). The predicted octanol–water partition coefficient (Wildman–Crippen LogP) is 2.34. The first-order valence-electron chi connectivity index (χ1n) is 6.43. The van der Waals surface area contributed by atoms with Crippen molar-refractivity contribution < 1.29 is 14.7 Å². The molecule has 1 rings (SSSR count). The number of anilines is 2. The molecule has 0 atom stereocenters. The van der Waals surface area contributed by atoms with Crippen LogP contribution in [-0.2, 0) is 9.59 Å². The third-order valence-electron chi connectivity index (χ3n) is 2.82. The number of rotatable bonds is 7. The van der Waals surface area contributed by atoms with Gasteiger partial charge in [-0.2, -0.15) is 0 Å². The van der Waals surface area contributed by atoms with Gasteiger partial charge in [0.25, 0.3) is 0 Å². The van der Waals surface area contributed by atoms with E-state index < -0.39 is 5.97 Å². The Balaban J connectivity index is 2.66. The average Bonchev–Trinajstić information content (AvgIpc) is 2.38. The molecule has 0 saturated carbocycles. The number of hydrogen-bond donors (Lipinski definition) is 2. The van der Waals surface area contributed by atoms with Crippen LogP contribution in [-0.4, -0.2) is 30.1 Å². The lowest BCUT2D eigenvalue weighted by atomic mass is 10.2. The van der Waals surface area contributed by atoms with E-state index >= 15 is 0 Å². The smallest absolute Gasteiger partial charge is 0.303 e. The van der Waals surface area contributed by atoms with Gasteiger partial charge in [-0.25, -0.2) is 0 Å². The number of carbonyl (C=O) groups is 2. The number of carboxylic acids is 1. The van der Waals surface area contributed by atoms with Gasteiger partial charge in [-0.15, -0.1) is 0 Å². The highest BCUT2D eigenvalue weighted by Crippen LogP contribution is 2.19. The van der Waals surface area contributed by atoms with Crippen LogP contribution in [0, 0.1) is 0 Å². The Bertz CT molecular complexity index is 442. The Hall–Kier alpha value is -2.04. The molecule has 5 heteroatoms. The van der Waals surface area contributed by atoms with Crippen molar-refractivity contribution in [3.63, 3.8) is 0 Å². The predicted molar refractivity (Wildman–Crippen MR) is 75.5 cm³/mol. The molecule has 19 heavy (non-hydrogen) atoms. The van der Waals surface area contributed by atoms with E-state index in [1.165, 1.54) is 0 Å². The van der Waals surface area contributed by atoms with Gasteiger partial charge in [0.2, 0.25) is 5.91 Å². The third-order valence-corrected chi connectivity index (χ3v) is 2.82. The van der Waals surface area contributed by atoms with Crippen molar-refractivity contribution in [3.05, 3.63) is 24.3 Å². The van der Waals surface area contributed by atoms with Gasteiger partial charge in [-0.05, 0) is 32.0 Å². The fourth-order valence-corrected chi connectivity index (χ4v) is 1.81. The summed E-state index contributed by atoms with van der Waals surface area (Å²) in [6.45, 7) is 5.93. The monoisotopic (exact) mass is 264 g/mol. The van der Waals surface area contributed by atoms with Crippen LogP contribution in [0.3, 0.4) is 0 Å². The summed E-state index contributed by atoms with van der Waals surface area (Å²) in [5.74, 6) is -1.24. The molecule has 0 aliphatic rings. The number of nitrogens with one attached hydrogen (secondary N) is 1. The molecule has 0 aliphatic carbocycles. The van der Waals surface area contributed by atoms with Crippen LogP contribution >= 0.6 is 0 Å². The van der Waals surface area contributed by atoms with E-state index in [0.717, 1.165) is 18.8 Å². The number of benzene rings is 1. The Morgan fingerprint density at radius 1 is 1.21 bits per heavy atom. The van der Waals surface area contributed by atoms with Crippen molar-refractivity contribution in [2.24, 2.45) is 0 Å². The van der Waals surface area contributed by atoms with E-state index in [1.54, 1.807) is 6.07 Å². The SMILES string of the molecule is CCN(CC)c1cccc(NC(=O)CCC(=O)O)c1. The van der Waals surface area contributed by atoms with Crippen LogP contribution in [0.15, 0.2) is 24.3 Å². The van der Waals surface area contributed by atoms with Crippen molar-refractivity contribution in [2.75, 3.05) is 23.3 Å². The highest BCUT2D eigenvalue weighted by molar-refractivity contribution is 5.92. The van der Waals surface area contributed by atoms with Gasteiger partial charge in [0.1, 0.15) is 0 Å². The molecule has 0 aliphatic heterocycles. The summed E-state index contributed by atoms with van der Waals surface area (Å²) >= 11 is 0. The molecule has 0 saturated heterocycles. The zero-order valence-corrected chi connectivity index (χ0v) is 11.3. The van der Waals surface area contributed by atoms with Crippen LogP contribution in [0.1, 0.15) is 26.7 Å². The topological polar surface area (TPSA) is 69.6 Å². The lowest BCUT2D eigenvalue weighted by Crippen LogP contribution is -2.22. The van der Waals surface area contributed by atoms with Crippen molar-refractivity contribution in [1.82, 2.24) is 0 Å². The van der Waals surface area contributed by atoms with E-state index in [1.807, 2.05) is 18.2 Å². The number of hydrogen-bond acceptors (Lipinski definition) is 3. The summed E-state index contributed by atoms with van der Waals surface area (Å²) in [5.41, 5.74) is 1.74. The summed E-state index contributed by atoms with van der Waals surface area (Å²) in [6.07, 6.45) is -0.160. The van der Waals surface area contributed by atoms with Crippen molar-refractivity contribution >= 4 is 23.3 Å². The fraction of sp³-hybridized carbons (Fsp3) is 0.429. The summed E-state index contributed by atoms with van der Waals surface area (Å²) in [6, 6.07) is 7.55. The summed E-state index contributed by atoms with van der Waals surface area (Å²) < 4.78 is 0. The molecule has 0 radical (unpaired) electrons. The van der Waals surface area contributed by atoms with Gasteiger partial charge >= 0.3 is 5.97 Å². The van der Waals surface area contributed by atoms with Crippen molar-refractivity contribution in [2.45, 2.75) is 26.7 Å². The molecule has 1 aromatic carbocycles. The van der Waals surface area contributed by atoms with Crippen molar-refractivity contribution in [3.8, 4) is 0 Å². The zero-order chi connectivity index (χ0) is 14.3. The molecule has 1 amide bonds. The molecule has 2 N–H and O–H groups in total. The first-order valence-corrected chi connectivity index (χ1v) is 6.43. The molecule has 104 valence electrons. The Morgan fingerprint density at radius 3 is 2.47 bits per heavy atom. The number of nitrogens with zero attached hydrogens (tertiary/aromatic N) is 1. The Labute approximate surface area is 113 Å². The number of carbonyl (C=O) groups excluding carboxylic acids is 1. The number of aliphatic carboxylic acids is 1. The summed E-state index contributed by atoms with van der Waals surface area (Å²) in [4.78, 5) is 24.1. The van der Waals surface area contributed by atoms with Gasteiger partial charge in [0.05, 0.1) is 6.42 Å². The minimum Gasteiger partial charge on any atom is -0.481 e. The van der Waals surface area contributed by atoms with Gasteiger partial charge in [0.15, 0.2) is 0 Å². The maximum atomic E-state index is 11.5. The average molecular weight is 264 g/mol. The third kappa shape index (κ3) is 4.99. The maximum Gasteiger partial charge on any atom is 0.303 e. The van der Waals surface area contributed by atoms with Crippen LogP contribution < -0.4 is 10.2 Å². The first-order chi connectivity index (χ1) is 9.06. The first kappa shape index (κ1) is 15.0. The van der Waals surface area contributed by atoms with E-state index in [0.29, 0.717) is 5.69 Å². The van der Waals surface area contributed by atoms with Gasteiger partial charge in [0, 0.05) is 30.9 Å². The van der Waals surface area contributed by atoms with Crippen LogP contribution in [0.2, 0.25) is 0 Å². The molecule has 0 unspecified atom stereocenters. The second kappa shape index (κ2) is 7.41. The maximum absolute atomic E-state index is 11.5. The summed E-state index contributed by atoms with van der Waals surface area (Å²) in [7, 11) is 0. The second-order valence-electron chi connectivity index (χ2n) is 4.16. The fourth-order valence-electron chi connectivity index (χ4n) is 1.81. The van der Waals surface area contributed by atoms with E-state index in [2.05, 4.69) is 24.1 Å². The van der Waals surface area contributed by atoms with Gasteiger partial charge < -0.3 is 15.3 Å². The lowest BCUT2D eigenvalue weighted by Gasteiger charge is -2.21. The Morgan fingerprint density at radius 2 is 1.89 bits per heavy atom. The molecule has 5 nitrogen and oxygen atoms in total. The minimum atomic E-state index is -0.966. The lowest BCUT2D eigenvalue weighted by molar-refractivity contribution is -0.138. The zero-order valence-electron chi connectivity index (χ0n) is 11.3. The highest BCUT2D eigenvalue weighted by Gasteiger charge is 2.07.